The van der Waals surface area contributed by atoms with Crippen LogP contribution in [0.1, 0.15) is 20.3 Å². The van der Waals surface area contributed by atoms with E-state index in [1.165, 1.54) is 0 Å². The Balaban J connectivity index is 2.15. The number of nitrogens with one attached hydrogen (secondary N) is 1. The fourth-order valence-electron chi connectivity index (χ4n) is 2.50. The third-order valence-corrected chi connectivity index (χ3v) is 3.24. The highest BCUT2D eigenvalue weighted by molar-refractivity contribution is 5.11. The summed E-state index contributed by atoms with van der Waals surface area (Å²) < 4.78 is 0. The standard InChI is InChI=1S/C8H15NO/c1-8(2)6-5(7(8)10)3-4-9-6/h5-7,9-10H,3-4H2,1-2H3/t5-,6+,7?/m1/s1. The minimum Gasteiger partial charge on any atom is -0.392 e. The van der Waals surface area contributed by atoms with Gasteiger partial charge >= 0.3 is 0 Å². The van der Waals surface area contributed by atoms with Gasteiger partial charge in [-0.2, -0.15) is 0 Å². The van der Waals surface area contributed by atoms with Gasteiger partial charge in [0.2, 0.25) is 0 Å². The van der Waals surface area contributed by atoms with Gasteiger partial charge in [-0.05, 0) is 13.0 Å². The first kappa shape index (κ1) is 6.62. The molecule has 2 fully saturated rings. The molecule has 1 unspecified atom stereocenters. The minimum atomic E-state index is -0.0625. The van der Waals surface area contributed by atoms with Gasteiger partial charge in [-0.1, -0.05) is 13.8 Å². The van der Waals surface area contributed by atoms with Gasteiger partial charge in [0.05, 0.1) is 6.10 Å². The first-order valence-electron chi connectivity index (χ1n) is 4.05. The number of aliphatic hydroxyl groups is 1. The molecule has 2 nitrogen and oxygen atoms in total. The van der Waals surface area contributed by atoms with Crippen LogP contribution in [0.5, 0.6) is 0 Å². The van der Waals surface area contributed by atoms with Gasteiger partial charge < -0.3 is 10.4 Å². The van der Waals surface area contributed by atoms with Crippen LogP contribution >= 0.6 is 0 Å². The Hall–Kier alpha value is -0.0800. The lowest BCUT2D eigenvalue weighted by Gasteiger charge is -2.52. The van der Waals surface area contributed by atoms with E-state index in [1.54, 1.807) is 0 Å². The average molecular weight is 141 g/mol. The van der Waals surface area contributed by atoms with Crippen molar-refractivity contribution in [1.82, 2.24) is 5.32 Å². The highest BCUT2D eigenvalue weighted by Gasteiger charge is 2.57. The molecule has 0 aromatic heterocycles. The van der Waals surface area contributed by atoms with E-state index in [4.69, 9.17) is 0 Å². The van der Waals surface area contributed by atoms with Crippen LogP contribution in [0.2, 0.25) is 0 Å². The minimum absolute atomic E-state index is 0.0625. The Morgan fingerprint density at radius 3 is 2.80 bits per heavy atom. The van der Waals surface area contributed by atoms with E-state index in [0.717, 1.165) is 13.0 Å². The summed E-state index contributed by atoms with van der Waals surface area (Å²) in [6.45, 7) is 5.37. The van der Waals surface area contributed by atoms with Gasteiger partial charge in [0.15, 0.2) is 0 Å². The number of hydrogen-bond acceptors (Lipinski definition) is 2. The van der Waals surface area contributed by atoms with E-state index >= 15 is 0 Å². The molecule has 1 aliphatic heterocycles. The van der Waals surface area contributed by atoms with Gasteiger partial charge in [0.25, 0.3) is 0 Å². The second-order valence-electron chi connectivity index (χ2n) is 4.15. The van der Waals surface area contributed by atoms with Crippen molar-refractivity contribution in [2.45, 2.75) is 32.4 Å². The topological polar surface area (TPSA) is 32.3 Å². The maximum Gasteiger partial charge on any atom is 0.0649 e. The van der Waals surface area contributed by atoms with Gasteiger partial charge in [-0.15, -0.1) is 0 Å². The number of fused-ring (bicyclic) bond motifs is 1. The van der Waals surface area contributed by atoms with Crippen molar-refractivity contribution in [1.29, 1.82) is 0 Å². The molecule has 1 saturated carbocycles. The zero-order chi connectivity index (χ0) is 7.35. The van der Waals surface area contributed by atoms with Crippen LogP contribution in [0.3, 0.4) is 0 Å². The first-order chi connectivity index (χ1) is 4.64. The van der Waals surface area contributed by atoms with Gasteiger partial charge in [-0.3, -0.25) is 0 Å². The summed E-state index contributed by atoms with van der Waals surface area (Å²) in [7, 11) is 0. The summed E-state index contributed by atoms with van der Waals surface area (Å²) >= 11 is 0. The Bertz CT molecular complexity index is 155. The van der Waals surface area contributed by atoms with Crippen molar-refractivity contribution in [3.8, 4) is 0 Å². The molecular formula is C8H15NO. The summed E-state index contributed by atoms with van der Waals surface area (Å²) in [5.74, 6) is 0.551. The molecular weight excluding hydrogens is 126 g/mol. The van der Waals surface area contributed by atoms with Crippen molar-refractivity contribution >= 4 is 0 Å². The Kier molecular flexibility index (Phi) is 1.15. The van der Waals surface area contributed by atoms with E-state index in [9.17, 15) is 5.11 Å². The summed E-state index contributed by atoms with van der Waals surface area (Å²) in [4.78, 5) is 0. The summed E-state index contributed by atoms with van der Waals surface area (Å²) in [5, 5.41) is 13.0. The predicted molar refractivity (Wildman–Crippen MR) is 39.7 cm³/mol. The molecule has 10 heavy (non-hydrogen) atoms. The molecule has 1 saturated heterocycles. The van der Waals surface area contributed by atoms with Crippen LogP contribution in [0.15, 0.2) is 0 Å². The van der Waals surface area contributed by atoms with E-state index in [1.807, 2.05) is 0 Å². The molecule has 2 N–H and O–H groups in total. The lowest BCUT2D eigenvalue weighted by Crippen LogP contribution is -2.63. The van der Waals surface area contributed by atoms with Crippen molar-refractivity contribution in [3.05, 3.63) is 0 Å². The van der Waals surface area contributed by atoms with Crippen molar-refractivity contribution in [3.63, 3.8) is 0 Å². The third kappa shape index (κ3) is 0.565. The maximum atomic E-state index is 9.61. The quantitative estimate of drug-likeness (QED) is 0.510. The maximum absolute atomic E-state index is 9.61. The van der Waals surface area contributed by atoms with Crippen molar-refractivity contribution < 1.29 is 5.11 Å². The summed E-state index contributed by atoms with van der Waals surface area (Å²) in [6, 6.07) is 0.586. The van der Waals surface area contributed by atoms with Crippen LogP contribution in [0, 0.1) is 11.3 Å². The monoisotopic (exact) mass is 141 g/mol. The molecule has 1 aliphatic carbocycles. The molecule has 58 valence electrons. The number of aliphatic hydroxyl groups excluding tert-OH is 1. The molecule has 2 heteroatoms. The van der Waals surface area contributed by atoms with Crippen LogP contribution in [-0.2, 0) is 0 Å². The molecule has 0 spiro atoms. The van der Waals surface area contributed by atoms with Crippen molar-refractivity contribution in [2.24, 2.45) is 11.3 Å². The molecule has 0 aromatic rings. The molecule has 2 rings (SSSR count). The van der Waals surface area contributed by atoms with Crippen LogP contribution < -0.4 is 5.32 Å². The zero-order valence-corrected chi connectivity index (χ0v) is 6.59. The lowest BCUT2D eigenvalue weighted by molar-refractivity contribution is -0.113. The second kappa shape index (κ2) is 1.74. The van der Waals surface area contributed by atoms with Gasteiger partial charge in [0, 0.05) is 17.4 Å². The molecule has 0 amide bonds. The molecule has 0 aromatic carbocycles. The Labute approximate surface area is 61.6 Å². The van der Waals surface area contributed by atoms with Crippen LogP contribution in [-0.4, -0.2) is 23.8 Å². The van der Waals surface area contributed by atoms with Crippen molar-refractivity contribution in [2.75, 3.05) is 6.54 Å². The summed E-state index contributed by atoms with van der Waals surface area (Å²) in [5.41, 5.74) is 0.126. The highest BCUT2D eigenvalue weighted by atomic mass is 16.3. The number of hydrogen-bond donors (Lipinski definition) is 2. The van der Waals surface area contributed by atoms with E-state index < -0.39 is 0 Å². The first-order valence-corrected chi connectivity index (χ1v) is 4.05. The third-order valence-electron chi connectivity index (χ3n) is 3.24. The van der Waals surface area contributed by atoms with E-state index in [0.29, 0.717) is 12.0 Å². The fraction of sp³-hybridized carbons (Fsp3) is 1.00. The summed E-state index contributed by atoms with van der Waals surface area (Å²) in [6.07, 6.45) is 1.10. The average Bonchev–Trinajstić information content (AvgIpc) is 2.31. The van der Waals surface area contributed by atoms with Gasteiger partial charge in [0.1, 0.15) is 0 Å². The van der Waals surface area contributed by atoms with Crippen LogP contribution in [0.25, 0.3) is 0 Å². The van der Waals surface area contributed by atoms with Crippen LogP contribution in [0.4, 0.5) is 0 Å². The smallest absolute Gasteiger partial charge is 0.0649 e. The predicted octanol–water partition coefficient (Wildman–Crippen LogP) is 0.365. The molecule has 1 heterocycles. The fourth-order valence-corrected chi connectivity index (χ4v) is 2.50. The van der Waals surface area contributed by atoms with E-state index in [2.05, 4.69) is 19.2 Å². The number of rotatable bonds is 0. The van der Waals surface area contributed by atoms with Gasteiger partial charge in [-0.25, -0.2) is 0 Å². The second-order valence-corrected chi connectivity index (χ2v) is 4.15. The molecule has 2 aliphatic rings. The Morgan fingerprint density at radius 2 is 2.20 bits per heavy atom. The molecule has 0 bridgehead atoms. The normalized spacial score (nSPS) is 50.1. The SMILES string of the molecule is CC1(C)C(O)[C@@H]2CCN[C@@H]21. The van der Waals surface area contributed by atoms with E-state index in [-0.39, 0.29) is 11.5 Å². The molecule has 3 atom stereocenters. The molecule has 0 radical (unpaired) electrons. The lowest BCUT2D eigenvalue weighted by atomic mass is 9.58. The zero-order valence-electron chi connectivity index (χ0n) is 6.59. The Morgan fingerprint density at radius 1 is 1.50 bits per heavy atom. The largest absolute Gasteiger partial charge is 0.392 e. The highest BCUT2D eigenvalue weighted by Crippen LogP contribution is 2.49.